The van der Waals surface area contributed by atoms with Crippen molar-refractivity contribution in [3.05, 3.63) is 65.2 Å². The van der Waals surface area contributed by atoms with Crippen molar-refractivity contribution < 1.29 is 14.3 Å². The van der Waals surface area contributed by atoms with Gasteiger partial charge in [-0.2, -0.15) is 0 Å². The number of hydrogen-bond acceptors (Lipinski definition) is 3. The molecular formula is C19H22O3. The van der Waals surface area contributed by atoms with Crippen molar-refractivity contribution in [2.24, 2.45) is 0 Å². The van der Waals surface area contributed by atoms with E-state index in [9.17, 15) is 4.79 Å². The number of benzene rings is 2. The normalized spacial score (nSPS) is 11.1. The zero-order valence-corrected chi connectivity index (χ0v) is 13.6. The molecule has 2 rings (SSSR count). The van der Waals surface area contributed by atoms with Crippen molar-refractivity contribution in [1.29, 1.82) is 0 Å². The van der Waals surface area contributed by atoms with Gasteiger partial charge in [0.05, 0.1) is 12.5 Å². The second-order valence-corrected chi connectivity index (χ2v) is 5.87. The summed E-state index contributed by atoms with van der Waals surface area (Å²) in [5.41, 5.74) is 2.38. The van der Waals surface area contributed by atoms with Gasteiger partial charge < -0.3 is 9.47 Å². The van der Waals surface area contributed by atoms with Crippen LogP contribution in [0.3, 0.4) is 0 Å². The fourth-order valence-electron chi connectivity index (χ4n) is 2.31. The molecule has 0 aliphatic heterocycles. The molecular weight excluding hydrogens is 276 g/mol. The lowest BCUT2D eigenvalue weighted by molar-refractivity contribution is -0.146. The van der Waals surface area contributed by atoms with E-state index in [-0.39, 0.29) is 5.97 Å². The van der Waals surface area contributed by atoms with Crippen molar-refractivity contribution in [2.75, 3.05) is 7.11 Å². The Balaban J connectivity index is 2.15. The molecule has 2 aromatic rings. The van der Waals surface area contributed by atoms with Gasteiger partial charge in [0.25, 0.3) is 0 Å². The van der Waals surface area contributed by atoms with Crippen LogP contribution in [0.5, 0.6) is 5.75 Å². The van der Waals surface area contributed by atoms with Crippen LogP contribution in [0, 0.1) is 6.92 Å². The molecule has 2 aromatic carbocycles. The van der Waals surface area contributed by atoms with Gasteiger partial charge in [-0.15, -0.1) is 0 Å². The van der Waals surface area contributed by atoms with Crippen LogP contribution >= 0.6 is 0 Å². The predicted molar refractivity (Wildman–Crippen MR) is 87.0 cm³/mol. The molecule has 0 unspecified atom stereocenters. The van der Waals surface area contributed by atoms with Crippen LogP contribution in [0.4, 0.5) is 0 Å². The minimum absolute atomic E-state index is 0.246. The lowest BCUT2D eigenvalue weighted by atomic mass is 9.84. The Morgan fingerprint density at radius 2 is 1.77 bits per heavy atom. The standard InChI is InChI=1S/C19H22O3/c1-14-12-16(19(2,3)18(20)21-4)10-11-17(14)22-13-15-8-6-5-7-9-15/h5-12H,13H2,1-4H3. The fraction of sp³-hybridized carbons (Fsp3) is 0.316. The molecule has 0 aliphatic rings. The van der Waals surface area contributed by atoms with Crippen LogP contribution < -0.4 is 4.74 Å². The minimum atomic E-state index is -0.669. The smallest absolute Gasteiger partial charge is 0.315 e. The highest BCUT2D eigenvalue weighted by Gasteiger charge is 2.31. The first kappa shape index (κ1) is 16.1. The van der Waals surface area contributed by atoms with Crippen molar-refractivity contribution in [3.8, 4) is 5.75 Å². The number of ether oxygens (including phenoxy) is 2. The largest absolute Gasteiger partial charge is 0.489 e. The summed E-state index contributed by atoms with van der Waals surface area (Å²) in [6.45, 7) is 6.23. The predicted octanol–water partition coefficient (Wildman–Crippen LogP) is 4.02. The second-order valence-electron chi connectivity index (χ2n) is 5.87. The summed E-state index contributed by atoms with van der Waals surface area (Å²) in [7, 11) is 1.41. The summed E-state index contributed by atoms with van der Waals surface area (Å²) in [6, 6.07) is 15.9. The number of carbonyl (C=O) groups is 1. The highest BCUT2D eigenvalue weighted by Crippen LogP contribution is 2.29. The van der Waals surface area contributed by atoms with Crippen LogP contribution in [0.25, 0.3) is 0 Å². The van der Waals surface area contributed by atoms with Crippen LogP contribution in [-0.2, 0) is 21.6 Å². The van der Waals surface area contributed by atoms with Gasteiger partial charge in [0.15, 0.2) is 0 Å². The van der Waals surface area contributed by atoms with Crippen molar-refractivity contribution in [3.63, 3.8) is 0 Å². The average Bonchev–Trinajstić information content (AvgIpc) is 2.53. The molecule has 0 N–H and O–H groups in total. The fourth-order valence-corrected chi connectivity index (χ4v) is 2.31. The molecule has 0 aliphatic carbocycles. The topological polar surface area (TPSA) is 35.5 Å². The van der Waals surface area contributed by atoms with Crippen LogP contribution in [0.2, 0.25) is 0 Å². The van der Waals surface area contributed by atoms with Crippen molar-refractivity contribution in [1.82, 2.24) is 0 Å². The van der Waals surface area contributed by atoms with Crippen LogP contribution in [0.1, 0.15) is 30.5 Å². The molecule has 0 heterocycles. The lowest BCUT2D eigenvalue weighted by Gasteiger charge is -2.23. The van der Waals surface area contributed by atoms with Crippen molar-refractivity contribution in [2.45, 2.75) is 32.8 Å². The van der Waals surface area contributed by atoms with E-state index in [0.717, 1.165) is 22.4 Å². The summed E-state index contributed by atoms with van der Waals surface area (Å²) in [5, 5.41) is 0. The number of aryl methyl sites for hydroxylation is 1. The maximum absolute atomic E-state index is 11.9. The third-order valence-corrected chi connectivity index (χ3v) is 3.83. The number of methoxy groups -OCH3 is 1. The molecule has 3 heteroatoms. The number of carbonyl (C=O) groups excluding carboxylic acids is 1. The molecule has 0 radical (unpaired) electrons. The van der Waals surface area contributed by atoms with E-state index in [1.807, 2.05) is 69.3 Å². The number of rotatable bonds is 5. The zero-order valence-electron chi connectivity index (χ0n) is 13.6. The van der Waals surface area contributed by atoms with Gasteiger partial charge in [0, 0.05) is 0 Å². The van der Waals surface area contributed by atoms with E-state index in [1.165, 1.54) is 7.11 Å². The zero-order chi connectivity index (χ0) is 16.2. The van der Waals surface area contributed by atoms with Gasteiger partial charge in [0.2, 0.25) is 0 Å². The Labute approximate surface area is 131 Å². The van der Waals surface area contributed by atoms with E-state index < -0.39 is 5.41 Å². The molecule has 0 aromatic heterocycles. The Morgan fingerprint density at radius 1 is 1.09 bits per heavy atom. The van der Waals surface area contributed by atoms with Crippen LogP contribution in [-0.4, -0.2) is 13.1 Å². The molecule has 0 saturated carbocycles. The first-order valence-corrected chi connectivity index (χ1v) is 7.31. The third-order valence-electron chi connectivity index (χ3n) is 3.83. The van der Waals surface area contributed by atoms with E-state index in [0.29, 0.717) is 6.61 Å². The van der Waals surface area contributed by atoms with Crippen molar-refractivity contribution >= 4 is 5.97 Å². The molecule has 0 spiro atoms. The second kappa shape index (κ2) is 6.65. The van der Waals surface area contributed by atoms with E-state index in [4.69, 9.17) is 9.47 Å². The Hall–Kier alpha value is -2.29. The van der Waals surface area contributed by atoms with Gasteiger partial charge in [-0.3, -0.25) is 4.79 Å². The quantitative estimate of drug-likeness (QED) is 0.782. The molecule has 0 atom stereocenters. The monoisotopic (exact) mass is 298 g/mol. The Bertz CT molecular complexity index is 645. The highest BCUT2D eigenvalue weighted by molar-refractivity contribution is 5.82. The maximum atomic E-state index is 11.9. The molecule has 3 nitrogen and oxygen atoms in total. The minimum Gasteiger partial charge on any atom is -0.489 e. The molecule has 0 amide bonds. The third kappa shape index (κ3) is 3.48. The number of esters is 1. The van der Waals surface area contributed by atoms with Gasteiger partial charge >= 0.3 is 5.97 Å². The number of hydrogen-bond donors (Lipinski definition) is 0. The molecule has 0 fully saturated rings. The Morgan fingerprint density at radius 3 is 2.36 bits per heavy atom. The van der Waals surface area contributed by atoms with Gasteiger partial charge in [-0.05, 0) is 43.5 Å². The summed E-state index contributed by atoms with van der Waals surface area (Å²) >= 11 is 0. The summed E-state index contributed by atoms with van der Waals surface area (Å²) in [6.07, 6.45) is 0. The molecule has 0 bridgehead atoms. The van der Waals surface area contributed by atoms with Crippen LogP contribution in [0.15, 0.2) is 48.5 Å². The van der Waals surface area contributed by atoms with E-state index in [1.54, 1.807) is 0 Å². The van der Waals surface area contributed by atoms with Gasteiger partial charge in [0.1, 0.15) is 12.4 Å². The molecule has 22 heavy (non-hydrogen) atoms. The van der Waals surface area contributed by atoms with Gasteiger partial charge in [-0.25, -0.2) is 0 Å². The Kier molecular flexibility index (Phi) is 4.86. The van der Waals surface area contributed by atoms with E-state index >= 15 is 0 Å². The highest BCUT2D eigenvalue weighted by atomic mass is 16.5. The lowest BCUT2D eigenvalue weighted by Crippen LogP contribution is -2.30. The van der Waals surface area contributed by atoms with Gasteiger partial charge in [-0.1, -0.05) is 42.5 Å². The first-order chi connectivity index (χ1) is 10.4. The maximum Gasteiger partial charge on any atom is 0.315 e. The first-order valence-electron chi connectivity index (χ1n) is 7.31. The SMILES string of the molecule is COC(=O)C(C)(C)c1ccc(OCc2ccccc2)c(C)c1. The molecule has 0 saturated heterocycles. The summed E-state index contributed by atoms with van der Waals surface area (Å²) < 4.78 is 10.7. The summed E-state index contributed by atoms with van der Waals surface area (Å²) in [5.74, 6) is 0.582. The van der Waals surface area contributed by atoms with E-state index in [2.05, 4.69) is 0 Å². The summed E-state index contributed by atoms with van der Waals surface area (Å²) in [4.78, 5) is 11.9. The average molecular weight is 298 g/mol. The molecule has 116 valence electrons.